The summed E-state index contributed by atoms with van der Waals surface area (Å²) in [4.78, 5) is 7.84. The predicted molar refractivity (Wildman–Crippen MR) is 67.7 cm³/mol. The third kappa shape index (κ3) is 1.75. The van der Waals surface area contributed by atoms with Gasteiger partial charge in [-0.3, -0.25) is 0 Å². The van der Waals surface area contributed by atoms with E-state index < -0.39 is 0 Å². The summed E-state index contributed by atoms with van der Waals surface area (Å²) < 4.78 is 0. The quantitative estimate of drug-likeness (QED) is 0.771. The maximum absolute atomic E-state index is 4.58. The average molecular weight is 214 g/mol. The summed E-state index contributed by atoms with van der Waals surface area (Å²) >= 11 is 0. The molecule has 16 heavy (non-hydrogen) atoms. The molecule has 84 valence electrons. The third-order valence-corrected chi connectivity index (χ3v) is 2.92. The number of benzene rings is 1. The molecule has 0 aliphatic heterocycles. The molecule has 0 bridgehead atoms. The Labute approximate surface area is 96.7 Å². The Morgan fingerprint density at radius 1 is 0.938 bits per heavy atom. The summed E-state index contributed by atoms with van der Waals surface area (Å²) in [5, 5.41) is 0. The topological polar surface area (TPSA) is 28.7 Å². The van der Waals surface area contributed by atoms with Crippen LogP contribution in [0.4, 0.5) is 0 Å². The van der Waals surface area contributed by atoms with Gasteiger partial charge in [0, 0.05) is 11.3 Å². The van der Waals surface area contributed by atoms with Gasteiger partial charge in [-0.05, 0) is 45.7 Å². The van der Waals surface area contributed by atoms with E-state index in [4.69, 9.17) is 0 Å². The van der Waals surface area contributed by atoms with E-state index in [2.05, 4.69) is 49.8 Å². The third-order valence-electron chi connectivity index (χ3n) is 2.92. The minimum absolute atomic E-state index is 0.979. The number of nitrogens with one attached hydrogen (secondary N) is 1. The Bertz CT molecular complexity index is 513. The SMILES string of the molecule is Cc1cc(C)c(-c2nc(C)[nH]c2C)c(C)c1. The number of H-pyrrole nitrogens is 1. The molecule has 0 saturated carbocycles. The van der Waals surface area contributed by atoms with E-state index in [1.807, 2.05) is 6.92 Å². The molecule has 0 amide bonds. The van der Waals surface area contributed by atoms with E-state index in [0.29, 0.717) is 0 Å². The fraction of sp³-hybridized carbons (Fsp3) is 0.357. The highest BCUT2D eigenvalue weighted by Crippen LogP contribution is 2.29. The number of hydrogen-bond acceptors (Lipinski definition) is 1. The zero-order chi connectivity index (χ0) is 11.9. The number of aromatic nitrogens is 2. The molecule has 0 fully saturated rings. The summed E-state index contributed by atoms with van der Waals surface area (Å²) in [6.45, 7) is 10.5. The van der Waals surface area contributed by atoms with Gasteiger partial charge in [0.15, 0.2) is 0 Å². The summed E-state index contributed by atoms with van der Waals surface area (Å²) in [5.41, 5.74) is 7.41. The van der Waals surface area contributed by atoms with Crippen molar-refractivity contribution in [3.63, 3.8) is 0 Å². The van der Waals surface area contributed by atoms with E-state index in [0.717, 1.165) is 17.2 Å². The van der Waals surface area contributed by atoms with Crippen LogP contribution in [-0.4, -0.2) is 9.97 Å². The van der Waals surface area contributed by atoms with Gasteiger partial charge >= 0.3 is 0 Å². The second kappa shape index (κ2) is 3.78. The van der Waals surface area contributed by atoms with Gasteiger partial charge in [-0.1, -0.05) is 17.7 Å². The molecule has 2 aromatic rings. The highest BCUT2D eigenvalue weighted by Gasteiger charge is 2.12. The van der Waals surface area contributed by atoms with E-state index in [1.165, 1.54) is 22.3 Å². The van der Waals surface area contributed by atoms with E-state index in [-0.39, 0.29) is 0 Å². The van der Waals surface area contributed by atoms with Crippen LogP contribution in [0.1, 0.15) is 28.2 Å². The Hall–Kier alpha value is -1.57. The Morgan fingerprint density at radius 2 is 1.50 bits per heavy atom. The lowest BCUT2D eigenvalue weighted by molar-refractivity contribution is 1.13. The van der Waals surface area contributed by atoms with Crippen molar-refractivity contribution in [3.05, 3.63) is 40.3 Å². The van der Waals surface area contributed by atoms with Gasteiger partial charge in [0.1, 0.15) is 5.82 Å². The molecule has 1 aromatic carbocycles. The maximum atomic E-state index is 4.58. The first kappa shape index (κ1) is 10.9. The molecular weight excluding hydrogens is 196 g/mol. The lowest BCUT2D eigenvalue weighted by Gasteiger charge is -2.09. The standard InChI is InChI=1S/C14H18N2/c1-8-6-9(2)13(10(3)7-8)14-11(4)15-12(5)16-14/h6-7H,1-5H3,(H,15,16). The van der Waals surface area contributed by atoms with Crippen molar-refractivity contribution in [2.45, 2.75) is 34.6 Å². The smallest absolute Gasteiger partial charge is 0.103 e. The monoisotopic (exact) mass is 214 g/mol. The minimum atomic E-state index is 0.979. The van der Waals surface area contributed by atoms with Gasteiger partial charge in [0.05, 0.1) is 5.69 Å². The second-order valence-corrected chi connectivity index (χ2v) is 4.57. The molecule has 2 heteroatoms. The zero-order valence-electron chi connectivity index (χ0n) is 10.6. The summed E-state index contributed by atoms with van der Waals surface area (Å²) in [5.74, 6) is 0.979. The summed E-state index contributed by atoms with van der Waals surface area (Å²) in [6.07, 6.45) is 0. The van der Waals surface area contributed by atoms with Crippen molar-refractivity contribution < 1.29 is 0 Å². The molecule has 0 aliphatic carbocycles. The Kier molecular flexibility index (Phi) is 2.58. The van der Waals surface area contributed by atoms with Crippen LogP contribution in [0.25, 0.3) is 11.3 Å². The molecule has 2 nitrogen and oxygen atoms in total. The van der Waals surface area contributed by atoms with Crippen LogP contribution in [0.15, 0.2) is 12.1 Å². The molecule has 0 atom stereocenters. The molecule has 1 aromatic heterocycles. The number of nitrogens with zero attached hydrogens (tertiary/aromatic N) is 1. The lowest BCUT2D eigenvalue weighted by atomic mass is 9.96. The van der Waals surface area contributed by atoms with Crippen LogP contribution >= 0.6 is 0 Å². The first-order valence-electron chi connectivity index (χ1n) is 5.60. The van der Waals surface area contributed by atoms with Crippen LogP contribution < -0.4 is 0 Å². The second-order valence-electron chi connectivity index (χ2n) is 4.57. The van der Waals surface area contributed by atoms with Gasteiger partial charge in [0.2, 0.25) is 0 Å². The molecular formula is C14H18N2. The highest BCUT2D eigenvalue weighted by atomic mass is 14.9. The number of rotatable bonds is 1. The van der Waals surface area contributed by atoms with Crippen molar-refractivity contribution in [2.75, 3.05) is 0 Å². The molecule has 2 rings (SSSR count). The van der Waals surface area contributed by atoms with Crippen molar-refractivity contribution in [1.29, 1.82) is 0 Å². The largest absolute Gasteiger partial charge is 0.346 e. The van der Waals surface area contributed by atoms with E-state index in [9.17, 15) is 0 Å². The van der Waals surface area contributed by atoms with Gasteiger partial charge in [0.25, 0.3) is 0 Å². The van der Waals surface area contributed by atoms with Gasteiger partial charge < -0.3 is 4.98 Å². The zero-order valence-corrected chi connectivity index (χ0v) is 10.6. The normalized spacial score (nSPS) is 10.8. The van der Waals surface area contributed by atoms with Crippen molar-refractivity contribution in [2.24, 2.45) is 0 Å². The number of aromatic amines is 1. The molecule has 0 aliphatic rings. The van der Waals surface area contributed by atoms with Crippen molar-refractivity contribution in [3.8, 4) is 11.3 Å². The van der Waals surface area contributed by atoms with Crippen LogP contribution in [0, 0.1) is 34.6 Å². The summed E-state index contributed by atoms with van der Waals surface area (Å²) in [7, 11) is 0. The van der Waals surface area contributed by atoms with Crippen molar-refractivity contribution in [1.82, 2.24) is 9.97 Å². The van der Waals surface area contributed by atoms with Gasteiger partial charge in [-0.25, -0.2) is 4.98 Å². The molecule has 0 saturated heterocycles. The first-order valence-corrected chi connectivity index (χ1v) is 5.60. The number of imidazole rings is 1. The fourth-order valence-corrected chi connectivity index (χ4v) is 2.41. The minimum Gasteiger partial charge on any atom is -0.346 e. The lowest BCUT2D eigenvalue weighted by Crippen LogP contribution is -1.92. The number of hydrogen-bond donors (Lipinski definition) is 1. The van der Waals surface area contributed by atoms with Crippen LogP contribution in [0.2, 0.25) is 0 Å². The highest BCUT2D eigenvalue weighted by molar-refractivity contribution is 5.70. The fourth-order valence-electron chi connectivity index (χ4n) is 2.41. The molecule has 1 heterocycles. The average Bonchev–Trinajstić information content (AvgIpc) is 2.43. The number of aryl methyl sites for hydroxylation is 5. The first-order chi connectivity index (χ1) is 7.49. The molecule has 0 radical (unpaired) electrons. The van der Waals surface area contributed by atoms with Crippen LogP contribution in [0.3, 0.4) is 0 Å². The van der Waals surface area contributed by atoms with E-state index in [1.54, 1.807) is 0 Å². The van der Waals surface area contributed by atoms with Crippen LogP contribution in [-0.2, 0) is 0 Å². The molecule has 1 N–H and O–H groups in total. The Morgan fingerprint density at radius 3 is 1.94 bits per heavy atom. The Balaban J connectivity index is 2.69. The maximum Gasteiger partial charge on any atom is 0.103 e. The summed E-state index contributed by atoms with van der Waals surface area (Å²) in [6, 6.07) is 4.43. The molecule has 0 spiro atoms. The van der Waals surface area contributed by atoms with E-state index >= 15 is 0 Å². The van der Waals surface area contributed by atoms with Crippen LogP contribution in [0.5, 0.6) is 0 Å². The van der Waals surface area contributed by atoms with Gasteiger partial charge in [-0.2, -0.15) is 0 Å². The molecule has 0 unspecified atom stereocenters. The van der Waals surface area contributed by atoms with Gasteiger partial charge in [-0.15, -0.1) is 0 Å². The van der Waals surface area contributed by atoms with Crippen molar-refractivity contribution >= 4 is 0 Å². The predicted octanol–water partition coefficient (Wildman–Crippen LogP) is 3.62.